The number of nitrogens with one attached hydrogen (secondary N) is 1. The molecule has 1 aliphatic rings. The van der Waals surface area contributed by atoms with Crippen LogP contribution in [0.4, 0.5) is 19.0 Å². The van der Waals surface area contributed by atoms with Crippen molar-refractivity contribution in [3.63, 3.8) is 0 Å². The van der Waals surface area contributed by atoms with Crippen molar-refractivity contribution in [3.05, 3.63) is 71.3 Å². The molecule has 1 aliphatic heterocycles. The van der Waals surface area contributed by atoms with E-state index in [2.05, 4.69) is 20.3 Å². The third-order valence-electron chi connectivity index (χ3n) is 5.87. The van der Waals surface area contributed by atoms with E-state index < -0.39 is 11.6 Å². The number of aromatic nitrogens is 3. The lowest BCUT2D eigenvalue weighted by molar-refractivity contribution is 0.0624. The molecule has 1 fully saturated rings. The van der Waals surface area contributed by atoms with E-state index in [9.17, 15) is 18.0 Å². The number of piperidine rings is 1. The molecule has 6 nitrogen and oxygen atoms in total. The van der Waals surface area contributed by atoms with Gasteiger partial charge in [-0.1, -0.05) is 12.1 Å². The highest BCUT2D eigenvalue weighted by Gasteiger charge is 2.30. The first kappa shape index (κ1) is 22.3. The van der Waals surface area contributed by atoms with Crippen molar-refractivity contribution >= 4 is 34.1 Å². The van der Waals surface area contributed by atoms with E-state index >= 15 is 0 Å². The monoisotopic (exact) mass is 483 g/mol. The van der Waals surface area contributed by atoms with Crippen molar-refractivity contribution in [2.24, 2.45) is 0 Å². The Morgan fingerprint density at radius 1 is 1.06 bits per heavy atom. The molecule has 10 heteroatoms. The summed E-state index contributed by atoms with van der Waals surface area (Å²) in [5.41, 5.74) is 3.22. The maximum absolute atomic E-state index is 13.6. The molecule has 1 N–H and O–H groups in total. The zero-order valence-electron chi connectivity index (χ0n) is 18.0. The first-order chi connectivity index (χ1) is 16.5. The maximum atomic E-state index is 13.6. The minimum Gasteiger partial charge on any atom is -0.367 e. The summed E-state index contributed by atoms with van der Waals surface area (Å²) in [5.74, 6) is -2.05. The lowest BCUT2D eigenvalue weighted by Gasteiger charge is -2.35. The minimum atomic E-state index is -0.983. The van der Waals surface area contributed by atoms with Gasteiger partial charge in [0.25, 0.3) is 5.91 Å². The maximum Gasteiger partial charge on any atom is 0.274 e. The predicted molar refractivity (Wildman–Crippen MR) is 124 cm³/mol. The Hall–Kier alpha value is -3.53. The average molecular weight is 484 g/mol. The van der Waals surface area contributed by atoms with Crippen molar-refractivity contribution in [2.45, 2.75) is 25.3 Å². The molecule has 1 atom stereocenters. The molecule has 0 aliphatic carbocycles. The molecule has 34 heavy (non-hydrogen) atoms. The number of hydrogen-bond donors (Lipinski definition) is 1. The molecule has 0 unspecified atom stereocenters. The highest BCUT2D eigenvalue weighted by atomic mass is 32.1. The van der Waals surface area contributed by atoms with Gasteiger partial charge in [0.2, 0.25) is 0 Å². The molecule has 2 aromatic carbocycles. The van der Waals surface area contributed by atoms with E-state index in [-0.39, 0.29) is 28.8 Å². The third-order valence-corrected chi connectivity index (χ3v) is 6.74. The van der Waals surface area contributed by atoms with Gasteiger partial charge in [0.05, 0.1) is 27.6 Å². The van der Waals surface area contributed by atoms with E-state index in [1.807, 2.05) is 4.90 Å². The number of likely N-dealkylation sites (tertiary alicyclic amines) is 1. The Morgan fingerprint density at radius 3 is 2.62 bits per heavy atom. The lowest BCUT2D eigenvalue weighted by Crippen LogP contribution is -2.47. The average Bonchev–Trinajstić information content (AvgIpc) is 3.34. The first-order valence-corrected chi connectivity index (χ1v) is 11.7. The summed E-state index contributed by atoms with van der Waals surface area (Å²) >= 11 is 1.34. The topological polar surface area (TPSA) is 71.0 Å². The molecule has 1 amide bonds. The van der Waals surface area contributed by atoms with Crippen LogP contribution in [0.3, 0.4) is 0 Å². The summed E-state index contributed by atoms with van der Waals surface area (Å²) in [6.07, 6.45) is 4.13. The van der Waals surface area contributed by atoms with Crippen LogP contribution in [0.1, 0.15) is 29.8 Å². The number of hydrogen-bond acceptors (Lipinski definition) is 6. The standard InChI is InChI=1S/C24H20F3N5OS/c25-15-6-4-14(5-7-15)23-22(30-13-34-23)24(33)32-8-2-1-3-16(32)11-29-21-12-28-19-9-17(26)18(27)10-20(19)31-21/h4-7,9-10,12-13,16H,1-3,8,11H2,(H,29,31)/t16-/m0/s1. The Kier molecular flexibility index (Phi) is 6.14. The normalized spacial score (nSPS) is 16.1. The molecule has 2 aromatic heterocycles. The molecule has 1 saturated heterocycles. The van der Waals surface area contributed by atoms with Gasteiger partial charge in [0.1, 0.15) is 17.3 Å². The van der Waals surface area contributed by atoms with Crippen molar-refractivity contribution in [2.75, 3.05) is 18.4 Å². The number of carbonyl (C=O) groups is 1. The van der Waals surface area contributed by atoms with Gasteiger partial charge < -0.3 is 10.2 Å². The third kappa shape index (κ3) is 4.45. The molecule has 0 saturated carbocycles. The van der Waals surface area contributed by atoms with Gasteiger partial charge in [0, 0.05) is 31.3 Å². The van der Waals surface area contributed by atoms with E-state index in [4.69, 9.17) is 0 Å². The van der Waals surface area contributed by atoms with Gasteiger partial charge in [-0.15, -0.1) is 11.3 Å². The highest BCUT2D eigenvalue weighted by Crippen LogP contribution is 2.30. The summed E-state index contributed by atoms with van der Waals surface area (Å²) in [6.45, 7) is 1.02. The quantitative estimate of drug-likeness (QED) is 0.418. The van der Waals surface area contributed by atoms with Gasteiger partial charge in [0.15, 0.2) is 11.6 Å². The van der Waals surface area contributed by atoms with Crippen LogP contribution in [-0.2, 0) is 0 Å². The van der Waals surface area contributed by atoms with Crippen molar-refractivity contribution in [1.82, 2.24) is 19.9 Å². The number of amides is 1. The predicted octanol–water partition coefficient (Wildman–Crippen LogP) is 5.28. The SMILES string of the molecule is O=C(c1ncsc1-c1ccc(F)cc1)N1CCCC[C@H]1CNc1cnc2cc(F)c(F)cc2n1. The Balaban J connectivity index is 1.34. The Morgan fingerprint density at radius 2 is 1.82 bits per heavy atom. The summed E-state index contributed by atoms with van der Waals surface area (Å²) in [4.78, 5) is 28.7. The smallest absolute Gasteiger partial charge is 0.274 e. The zero-order chi connectivity index (χ0) is 23.7. The second-order valence-corrected chi connectivity index (χ2v) is 8.93. The summed E-state index contributed by atoms with van der Waals surface area (Å²) in [6, 6.07) is 7.92. The number of anilines is 1. The fourth-order valence-corrected chi connectivity index (χ4v) is 4.92. The van der Waals surface area contributed by atoms with Gasteiger partial charge in [-0.05, 0) is 37.0 Å². The molecule has 4 aromatic rings. The van der Waals surface area contributed by atoms with Crippen LogP contribution in [0.2, 0.25) is 0 Å². The van der Waals surface area contributed by atoms with Crippen molar-refractivity contribution in [1.29, 1.82) is 0 Å². The van der Waals surface area contributed by atoms with Crippen LogP contribution in [0, 0.1) is 17.5 Å². The molecule has 5 rings (SSSR count). The largest absolute Gasteiger partial charge is 0.367 e. The van der Waals surface area contributed by atoms with Gasteiger partial charge >= 0.3 is 0 Å². The molecule has 174 valence electrons. The van der Waals surface area contributed by atoms with E-state index in [0.717, 1.165) is 37.0 Å². The number of benzene rings is 2. The molecule has 0 radical (unpaired) electrons. The van der Waals surface area contributed by atoms with Crippen LogP contribution >= 0.6 is 11.3 Å². The molecular weight excluding hydrogens is 463 g/mol. The van der Waals surface area contributed by atoms with Crippen LogP contribution in [0.25, 0.3) is 21.5 Å². The lowest BCUT2D eigenvalue weighted by atomic mass is 10.0. The molecule has 0 spiro atoms. The van der Waals surface area contributed by atoms with Gasteiger partial charge in [-0.25, -0.2) is 23.1 Å². The summed E-state index contributed by atoms with van der Waals surface area (Å²) in [5, 5.41) is 3.18. The number of halogens is 3. The number of rotatable bonds is 5. The number of fused-ring (bicyclic) bond motifs is 1. The first-order valence-electron chi connectivity index (χ1n) is 10.9. The van der Waals surface area contributed by atoms with Crippen LogP contribution in [0.5, 0.6) is 0 Å². The fourth-order valence-electron chi connectivity index (χ4n) is 4.14. The number of nitrogens with zero attached hydrogens (tertiary/aromatic N) is 4. The minimum absolute atomic E-state index is 0.105. The Bertz CT molecular complexity index is 1340. The molecule has 0 bridgehead atoms. The van der Waals surface area contributed by atoms with Gasteiger partial charge in [-0.3, -0.25) is 9.78 Å². The fraction of sp³-hybridized carbons (Fsp3) is 0.250. The molecular formula is C24H20F3N5OS. The zero-order valence-corrected chi connectivity index (χ0v) is 18.8. The van der Waals surface area contributed by atoms with Crippen molar-refractivity contribution in [3.8, 4) is 10.4 Å². The second kappa shape index (κ2) is 9.38. The highest BCUT2D eigenvalue weighted by molar-refractivity contribution is 7.13. The van der Waals surface area contributed by atoms with Gasteiger partial charge in [-0.2, -0.15) is 0 Å². The van der Waals surface area contributed by atoms with Crippen molar-refractivity contribution < 1.29 is 18.0 Å². The number of carbonyl (C=O) groups excluding carboxylic acids is 1. The summed E-state index contributed by atoms with van der Waals surface area (Å²) in [7, 11) is 0. The van der Waals surface area contributed by atoms with E-state index in [1.54, 1.807) is 17.6 Å². The number of thiazole rings is 1. The van der Waals surface area contributed by atoms with E-state index in [1.165, 1.54) is 29.7 Å². The van der Waals surface area contributed by atoms with Crippen LogP contribution in [0.15, 0.2) is 48.1 Å². The van der Waals surface area contributed by atoms with Crippen LogP contribution < -0.4 is 5.32 Å². The van der Waals surface area contributed by atoms with Crippen LogP contribution in [-0.4, -0.2) is 44.9 Å². The second-order valence-electron chi connectivity index (χ2n) is 8.08. The Labute approximate surface area is 197 Å². The summed E-state index contributed by atoms with van der Waals surface area (Å²) < 4.78 is 40.3. The molecule has 3 heterocycles. The van der Waals surface area contributed by atoms with E-state index in [0.29, 0.717) is 29.5 Å².